The third-order valence-corrected chi connectivity index (χ3v) is 5.43. The number of sulfone groups is 1. The predicted octanol–water partition coefficient (Wildman–Crippen LogP) is -0.241. The lowest BCUT2D eigenvalue weighted by atomic mass is 10.1. The zero-order chi connectivity index (χ0) is 12.6. The van der Waals surface area contributed by atoms with Crippen molar-refractivity contribution in [2.75, 3.05) is 18.8 Å². The zero-order valence-electron chi connectivity index (χ0n) is 10.1. The number of carbonyl (C=O) groups excluding carboxylic acids is 1. The molecule has 0 aromatic rings. The van der Waals surface area contributed by atoms with Crippen molar-refractivity contribution in [1.82, 2.24) is 4.90 Å². The first-order chi connectivity index (χ1) is 7.16. The zero-order valence-corrected chi connectivity index (χ0v) is 10.9. The van der Waals surface area contributed by atoms with E-state index in [1.807, 2.05) is 0 Å². The molecule has 16 heavy (non-hydrogen) atoms. The molecule has 0 bridgehead atoms. The molecule has 1 aliphatic heterocycles. The number of carbonyl (C=O) groups is 1. The number of nitrogens with zero attached hydrogens (tertiary/aromatic N) is 1. The number of rotatable bonds is 2. The van der Waals surface area contributed by atoms with Crippen LogP contribution in [0.2, 0.25) is 0 Å². The number of nitrogens with two attached hydrogens (primary N) is 1. The van der Waals surface area contributed by atoms with Crippen molar-refractivity contribution in [2.45, 2.75) is 38.0 Å². The lowest BCUT2D eigenvalue weighted by Crippen LogP contribution is -2.55. The van der Waals surface area contributed by atoms with Crippen molar-refractivity contribution in [1.29, 1.82) is 0 Å². The lowest BCUT2D eigenvalue weighted by molar-refractivity contribution is -0.131. The molecule has 5 nitrogen and oxygen atoms in total. The molecule has 1 unspecified atom stereocenters. The standard InChI is InChI=1S/C10H20N2O3S/c1-8(11)6-9(13)12-4-5-16(14,15)10(2,3)7-12/h8H,4-7,11H2,1-3H3. The normalized spacial score (nSPS) is 25.1. The van der Waals surface area contributed by atoms with Crippen molar-refractivity contribution < 1.29 is 13.2 Å². The van der Waals surface area contributed by atoms with Gasteiger partial charge in [-0.25, -0.2) is 8.42 Å². The summed E-state index contributed by atoms with van der Waals surface area (Å²) in [5.41, 5.74) is 5.56. The summed E-state index contributed by atoms with van der Waals surface area (Å²) < 4.78 is 22.6. The van der Waals surface area contributed by atoms with E-state index in [4.69, 9.17) is 5.73 Å². The van der Waals surface area contributed by atoms with Crippen molar-refractivity contribution in [2.24, 2.45) is 5.73 Å². The molecule has 1 atom stereocenters. The molecule has 0 aliphatic carbocycles. The van der Waals surface area contributed by atoms with Crippen LogP contribution in [0.3, 0.4) is 0 Å². The number of amides is 1. The summed E-state index contributed by atoms with van der Waals surface area (Å²) in [5.74, 6) is -0.0111. The van der Waals surface area contributed by atoms with Gasteiger partial charge in [0.2, 0.25) is 5.91 Å². The minimum absolute atomic E-state index is 0.0463. The highest BCUT2D eigenvalue weighted by Gasteiger charge is 2.41. The van der Waals surface area contributed by atoms with Crippen LogP contribution in [0.4, 0.5) is 0 Å². The van der Waals surface area contributed by atoms with Gasteiger partial charge in [-0.05, 0) is 20.8 Å². The fourth-order valence-corrected chi connectivity index (χ4v) is 3.13. The molecule has 0 saturated carbocycles. The number of hydrogen-bond acceptors (Lipinski definition) is 4. The average molecular weight is 248 g/mol. The van der Waals surface area contributed by atoms with Gasteiger partial charge in [-0.1, -0.05) is 0 Å². The van der Waals surface area contributed by atoms with Gasteiger partial charge in [0.05, 0.1) is 10.5 Å². The van der Waals surface area contributed by atoms with E-state index in [9.17, 15) is 13.2 Å². The lowest BCUT2D eigenvalue weighted by Gasteiger charge is -2.37. The molecule has 0 aromatic heterocycles. The van der Waals surface area contributed by atoms with E-state index >= 15 is 0 Å². The molecular weight excluding hydrogens is 228 g/mol. The molecule has 1 heterocycles. The first-order valence-electron chi connectivity index (χ1n) is 5.41. The maximum atomic E-state index is 11.8. The van der Waals surface area contributed by atoms with E-state index in [1.165, 1.54) is 0 Å². The van der Waals surface area contributed by atoms with E-state index in [0.29, 0.717) is 0 Å². The predicted molar refractivity (Wildman–Crippen MR) is 62.7 cm³/mol. The summed E-state index contributed by atoms with van der Waals surface area (Å²) >= 11 is 0. The van der Waals surface area contributed by atoms with Gasteiger partial charge in [0.25, 0.3) is 0 Å². The molecule has 1 aliphatic rings. The van der Waals surface area contributed by atoms with Crippen molar-refractivity contribution >= 4 is 15.7 Å². The Hall–Kier alpha value is -0.620. The van der Waals surface area contributed by atoms with Crippen molar-refractivity contribution in [3.63, 3.8) is 0 Å². The second kappa shape index (κ2) is 4.33. The SMILES string of the molecule is CC(N)CC(=O)N1CCS(=O)(=O)C(C)(C)C1. The van der Waals surface area contributed by atoms with Gasteiger partial charge < -0.3 is 10.6 Å². The molecule has 2 N–H and O–H groups in total. The Balaban J connectivity index is 2.73. The van der Waals surface area contributed by atoms with E-state index < -0.39 is 14.6 Å². The Bertz CT molecular complexity index is 374. The average Bonchev–Trinajstić information content (AvgIpc) is 2.08. The van der Waals surface area contributed by atoms with Crippen molar-refractivity contribution in [3.8, 4) is 0 Å². The van der Waals surface area contributed by atoms with Gasteiger partial charge in [0.15, 0.2) is 9.84 Å². The van der Waals surface area contributed by atoms with E-state index in [0.717, 1.165) is 0 Å². The smallest absolute Gasteiger partial charge is 0.224 e. The molecule has 94 valence electrons. The van der Waals surface area contributed by atoms with Crippen LogP contribution in [-0.2, 0) is 14.6 Å². The Morgan fingerprint density at radius 2 is 2.06 bits per heavy atom. The van der Waals surface area contributed by atoms with Gasteiger partial charge in [0.1, 0.15) is 0 Å². The quantitative estimate of drug-likeness (QED) is 0.731. The van der Waals surface area contributed by atoms with Gasteiger partial charge in [-0.2, -0.15) is 0 Å². The summed E-state index contributed by atoms with van der Waals surface area (Å²) in [5, 5.41) is 0. The van der Waals surface area contributed by atoms with Crippen LogP contribution in [0, 0.1) is 0 Å². The number of hydrogen-bond donors (Lipinski definition) is 1. The summed E-state index contributed by atoms with van der Waals surface area (Å²) in [7, 11) is -3.08. The molecule has 6 heteroatoms. The van der Waals surface area contributed by atoms with Gasteiger partial charge >= 0.3 is 0 Å². The Kier molecular flexibility index (Phi) is 3.64. The van der Waals surface area contributed by atoms with Gasteiger partial charge in [-0.15, -0.1) is 0 Å². The maximum absolute atomic E-state index is 11.8. The third kappa shape index (κ3) is 2.74. The molecule has 0 aromatic carbocycles. The fourth-order valence-electron chi connectivity index (χ4n) is 1.76. The second-order valence-electron chi connectivity index (χ2n) is 5.08. The van der Waals surface area contributed by atoms with Crippen LogP contribution in [0.15, 0.2) is 0 Å². The molecule has 1 rings (SSSR count). The highest BCUT2D eigenvalue weighted by molar-refractivity contribution is 7.92. The Labute approximate surface area is 96.9 Å². The minimum Gasteiger partial charge on any atom is -0.340 e. The van der Waals surface area contributed by atoms with E-state index in [2.05, 4.69) is 0 Å². The largest absolute Gasteiger partial charge is 0.340 e. The minimum atomic E-state index is -3.08. The molecule has 0 spiro atoms. The van der Waals surface area contributed by atoms with Crippen LogP contribution >= 0.6 is 0 Å². The van der Waals surface area contributed by atoms with E-state index in [-0.39, 0.29) is 37.2 Å². The molecular formula is C10H20N2O3S. The monoisotopic (exact) mass is 248 g/mol. The van der Waals surface area contributed by atoms with Crippen LogP contribution < -0.4 is 5.73 Å². The molecule has 1 amide bonds. The van der Waals surface area contributed by atoms with Crippen LogP contribution in [0.25, 0.3) is 0 Å². The van der Waals surface area contributed by atoms with Crippen LogP contribution in [0.1, 0.15) is 27.2 Å². The van der Waals surface area contributed by atoms with Gasteiger partial charge in [-0.3, -0.25) is 4.79 Å². The topological polar surface area (TPSA) is 80.5 Å². The van der Waals surface area contributed by atoms with Crippen LogP contribution in [0.5, 0.6) is 0 Å². The van der Waals surface area contributed by atoms with E-state index in [1.54, 1.807) is 25.7 Å². The van der Waals surface area contributed by atoms with Crippen molar-refractivity contribution in [3.05, 3.63) is 0 Å². The van der Waals surface area contributed by atoms with Crippen LogP contribution in [-0.4, -0.2) is 48.9 Å². The summed E-state index contributed by atoms with van der Waals surface area (Å²) in [4.78, 5) is 13.4. The highest BCUT2D eigenvalue weighted by Crippen LogP contribution is 2.24. The summed E-state index contributed by atoms with van der Waals surface area (Å²) in [6, 6.07) is -0.186. The molecule has 1 fully saturated rings. The fraction of sp³-hybridized carbons (Fsp3) is 0.900. The maximum Gasteiger partial charge on any atom is 0.224 e. The summed E-state index contributed by atoms with van der Waals surface area (Å²) in [6.45, 7) is 5.64. The van der Waals surface area contributed by atoms with Gasteiger partial charge in [0, 0.05) is 25.6 Å². The first-order valence-corrected chi connectivity index (χ1v) is 7.06. The summed E-state index contributed by atoms with van der Waals surface area (Å²) in [6.07, 6.45) is 0.274. The third-order valence-electron chi connectivity index (χ3n) is 2.89. The first kappa shape index (κ1) is 13.4. The second-order valence-corrected chi connectivity index (χ2v) is 7.82. The molecule has 0 radical (unpaired) electrons. The molecule has 1 saturated heterocycles. The Morgan fingerprint density at radius 3 is 2.50 bits per heavy atom. The highest BCUT2D eigenvalue weighted by atomic mass is 32.2. The Morgan fingerprint density at radius 1 is 1.50 bits per heavy atom.